The third kappa shape index (κ3) is 4.86. The zero-order valence-electron chi connectivity index (χ0n) is 21.0. The number of thiophene rings is 1. The van der Waals surface area contributed by atoms with Crippen molar-refractivity contribution in [3.05, 3.63) is 128 Å². The summed E-state index contributed by atoms with van der Waals surface area (Å²) in [5.41, 5.74) is 4.27. The topological polar surface area (TPSA) is 75.6 Å². The maximum atomic E-state index is 13.6. The summed E-state index contributed by atoms with van der Waals surface area (Å²) in [6.45, 7) is 1.89. The second-order valence-electron chi connectivity index (χ2n) is 9.26. The highest BCUT2D eigenvalue weighted by Crippen LogP contribution is 2.49. The van der Waals surface area contributed by atoms with E-state index in [0.717, 1.165) is 22.3 Å². The van der Waals surface area contributed by atoms with Gasteiger partial charge in [0, 0.05) is 26.4 Å². The van der Waals surface area contributed by atoms with Gasteiger partial charge >= 0.3 is 0 Å². The molecular formula is C31H20Cl2N2O3S2. The van der Waals surface area contributed by atoms with E-state index in [4.69, 9.17) is 23.2 Å². The highest BCUT2D eigenvalue weighted by atomic mass is 35.5. The molecule has 4 aromatic carbocycles. The van der Waals surface area contributed by atoms with Gasteiger partial charge in [-0.05, 0) is 54.4 Å². The fourth-order valence-corrected chi connectivity index (χ4v) is 7.55. The van der Waals surface area contributed by atoms with E-state index >= 15 is 0 Å². The van der Waals surface area contributed by atoms with Gasteiger partial charge in [0.15, 0.2) is 0 Å². The molecule has 0 saturated heterocycles. The van der Waals surface area contributed by atoms with E-state index in [0.29, 0.717) is 41.6 Å². The average Bonchev–Trinajstić information content (AvgIpc) is 3.45. The third-order valence-corrected chi connectivity index (χ3v) is 9.66. The number of hydrogen-bond donors (Lipinski definition) is 1. The number of hydrogen-bond acceptors (Lipinski definition) is 4. The summed E-state index contributed by atoms with van der Waals surface area (Å²) in [5, 5.41) is 2.52. The van der Waals surface area contributed by atoms with Gasteiger partial charge in [-0.3, -0.25) is 9.52 Å². The number of carbonyl (C=O) groups excluding carboxylic acids is 1. The van der Waals surface area contributed by atoms with Crippen LogP contribution in [0.2, 0.25) is 10.0 Å². The van der Waals surface area contributed by atoms with Crippen molar-refractivity contribution in [1.29, 1.82) is 0 Å². The van der Waals surface area contributed by atoms with Crippen molar-refractivity contribution in [2.45, 2.75) is 11.8 Å². The first kappa shape index (κ1) is 26.5. The number of nitrogens with one attached hydrogen (secondary N) is 1. The summed E-state index contributed by atoms with van der Waals surface area (Å²) in [5.74, 6) is -0.411. The summed E-state index contributed by atoms with van der Waals surface area (Å²) in [4.78, 5) is 18.4. The van der Waals surface area contributed by atoms with Crippen molar-refractivity contribution >= 4 is 61.0 Å². The molecule has 0 spiro atoms. The zero-order valence-corrected chi connectivity index (χ0v) is 24.1. The Kier molecular flexibility index (Phi) is 6.84. The number of sulfonamides is 1. The number of fused-ring (bicyclic) bond motifs is 1. The molecule has 6 rings (SSSR count). The van der Waals surface area contributed by atoms with E-state index in [2.05, 4.69) is 9.71 Å². The van der Waals surface area contributed by atoms with Gasteiger partial charge in [0.05, 0.1) is 20.7 Å². The van der Waals surface area contributed by atoms with Crippen molar-refractivity contribution < 1.29 is 13.2 Å². The summed E-state index contributed by atoms with van der Waals surface area (Å²) in [6.07, 6.45) is 0. The fraction of sp³-hybridized carbons (Fsp3) is 0.0323. The Morgan fingerprint density at radius 3 is 2.12 bits per heavy atom. The number of benzene rings is 4. The number of anilines is 1. The van der Waals surface area contributed by atoms with E-state index in [1.165, 1.54) is 11.3 Å². The molecule has 9 heteroatoms. The number of aryl methyl sites for hydroxylation is 1. The molecule has 0 saturated carbocycles. The molecule has 5 nitrogen and oxygen atoms in total. The number of rotatable bonds is 6. The lowest BCUT2D eigenvalue weighted by Crippen LogP contribution is -2.22. The Hall–Kier alpha value is -3.75. The molecule has 2 heterocycles. The molecule has 0 bridgehead atoms. The van der Waals surface area contributed by atoms with Gasteiger partial charge in [-0.1, -0.05) is 89.4 Å². The minimum absolute atomic E-state index is 0.135. The van der Waals surface area contributed by atoms with Crippen molar-refractivity contribution in [3.8, 4) is 22.3 Å². The van der Waals surface area contributed by atoms with Crippen LogP contribution in [0.15, 0.2) is 107 Å². The summed E-state index contributed by atoms with van der Waals surface area (Å²) >= 11 is 13.6. The van der Waals surface area contributed by atoms with Crippen LogP contribution in [-0.4, -0.2) is 14.3 Å². The molecule has 40 heavy (non-hydrogen) atoms. The number of carbonyl (C=O) groups is 1. The normalized spacial score (nSPS) is 12.8. The smallest absolute Gasteiger partial charge is 0.270 e. The molecule has 5 aromatic rings. The van der Waals surface area contributed by atoms with Gasteiger partial charge in [0.25, 0.3) is 15.9 Å². The van der Waals surface area contributed by atoms with Crippen molar-refractivity contribution in [2.24, 2.45) is 4.99 Å². The largest absolute Gasteiger partial charge is 0.279 e. The summed E-state index contributed by atoms with van der Waals surface area (Å²) in [7, 11) is -3.96. The maximum Gasteiger partial charge on any atom is 0.279 e. The van der Waals surface area contributed by atoms with E-state index in [1.54, 1.807) is 54.6 Å². The van der Waals surface area contributed by atoms with Crippen LogP contribution < -0.4 is 15.3 Å². The molecule has 1 aliphatic rings. The van der Waals surface area contributed by atoms with Gasteiger partial charge in [-0.25, -0.2) is 13.4 Å². The minimum atomic E-state index is -3.96. The van der Waals surface area contributed by atoms with E-state index in [9.17, 15) is 13.2 Å². The fourth-order valence-electron chi connectivity index (χ4n) is 4.66. The molecule has 1 amide bonds. The van der Waals surface area contributed by atoms with Gasteiger partial charge in [-0.2, -0.15) is 0 Å². The lowest BCUT2D eigenvalue weighted by atomic mass is 9.93. The summed E-state index contributed by atoms with van der Waals surface area (Å²) in [6, 6.07) is 28.5. The molecule has 0 atom stereocenters. The van der Waals surface area contributed by atoms with Crippen LogP contribution in [-0.2, 0) is 14.8 Å². The maximum absolute atomic E-state index is 13.6. The molecule has 0 unspecified atom stereocenters. The average molecular weight is 604 g/mol. The van der Waals surface area contributed by atoms with Crippen molar-refractivity contribution in [1.82, 2.24) is 0 Å². The molecule has 1 aromatic heterocycles. The van der Waals surface area contributed by atoms with E-state index < -0.39 is 15.9 Å². The minimum Gasteiger partial charge on any atom is -0.270 e. The Bertz CT molecular complexity index is 2020. The zero-order chi connectivity index (χ0) is 28.0. The molecule has 1 aliphatic heterocycles. The first-order valence-electron chi connectivity index (χ1n) is 12.2. The second kappa shape index (κ2) is 10.3. The standard InChI is InChI=1S/C31H20Cl2N2O3S2/c1-18-7-14-23(15-8-18)40(37,38)35-31-27(20-9-11-21(32)12-10-20)26(19-5-3-2-4-6-19)29(39-31)28-24-16-13-22(33)17-25(24)34-30(28)36/h2-17,35H,1H3. The van der Waals surface area contributed by atoms with Crippen LogP contribution in [0.4, 0.5) is 5.00 Å². The highest BCUT2D eigenvalue weighted by Gasteiger charge is 2.30. The van der Waals surface area contributed by atoms with Crippen LogP contribution >= 0.6 is 34.5 Å². The van der Waals surface area contributed by atoms with Gasteiger partial charge in [0.2, 0.25) is 0 Å². The Balaban J connectivity index is 1.68. The van der Waals surface area contributed by atoms with Gasteiger partial charge in [0.1, 0.15) is 5.00 Å². The van der Waals surface area contributed by atoms with Crippen LogP contribution in [0.5, 0.6) is 0 Å². The van der Waals surface area contributed by atoms with E-state index in [1.807, 2.05) is 49.4 Å². The Morgan fingerprint density at radius 1 is 0.775 bits per heavy atom. The molecule has 1 N–H and O–H groups in total. The predicted molar refractivity (Wildman–Crippen MR) is 162 cm³/mol. The summed E-state index contributed by atoms with van der Waals surface area (Å²) < 4.78 is 30.0. The number of halogens is 2. The van der Waals surface area contributed by atoms with Crippen molar-refractivity contribution in [2.75, 3.05) is 4.72 Å². The lowest BCUT2D eigenvalue weighted by molar-refractivity contribution is -0.112. The monoisotopic (exact) mass is 602 g/mol. The number of amides is 1. The predicted octanol–water partition coefficient (Wildman–Crippen LogP) is 6.86. The van der Waals surface area contributed by atoms with Crippen LogP contribution in [0.1, 0.15) is 10.4 Å². The lowest BCUT2D eigenvalue weighted by Gasteiger charge is -2.12. The quantitative estimate of drug-likeness (QED) is 0.231. The molecule has 0 radical (unpaired) electrons. The molecule has 0 aliphatic carbocycles. The SMILES string of the molecule is Cc1ccc(S(=O)(=O)Nc2sc(C3=c4ccc(Cl)cc4=NC3=O)c(-c3ccccc3)c2-c2ccc(Cl)cc2)cc1. The van der Waals surface area contributed by atoms with Crippen LogP contribution in [0.25, 0.3) is 27.8 Å². The van der Waals surface area contributed by atoms with Gasteiger partial charge < -0.3 is 0 Å². The molecule has 198 valence electrons. The van der Waals surface area contributed by atoms with Crippen LogP contribution in [0, 0.1) is 6.92 Å². The Morgan fingerprint density at radius 2 is 1.43 bits per heavy atom. The first-order chi connectivity index (χ1) is 19.2. The van der Waals surface area contributed by atoms with Gasteiger partial charge in [-0.15, -0.1) is 11.3 Å². The third-order valence-electron chi connectivity index (χ3n) is 6.55. The second-order valence-corrected chi connectivity index (χ2v) is 12.8. The van der Waals surface area contributed by atoms with Crippen molar-refractivity contribution in [3.63, 3.8) is 0 Å². The van der Waals surface area contributed by atoms with E-state index in [-0.39, 0.29) is 4.90 Å². The highest BCUT2D eigenvalue weighted by molar-refractivity contribution is 7.93. The Labute approximate surface area is 245 Å². The molecular weight excluding hydrogens is 583 g/mol. The van der Waals surface area contributed by atoms with Crippen LogP contribution in [0.3, 0.4) is 0 Å². The molecule has 0 fully saturated rings. The number of nitrogens with zero attached hydrogens (tertiary/aromatic N) is 1. The first-order valence-corrected chi connectivity index (χ1v) is 15.3.